The van der Waals surface area contributed by atoms with Crippen molar-refractivity contribution >= 4 is 21.7 Å². The minimum Gasteiger partial charge on any atom is -0.493 e. The first-order valence-electron chi connectivity index (χ1n) is 10.2. The Bertz CT molecular complexity index is 1030. The topological polar surface area (TPSA) is 105 Å². The lowest BCUT2D eigenvalue weighted by Gasteiger charge is -2.30. The van der Waals surface area contributed by atoms with Crippen molar-refractivity contribution in [3.05, 3.63) is 47.5 Å². The summed E-state index contributed by atoms with van der Waals surface area (Å²) >= 11 is 0. The molecular formula is C22H28N2O6S. The van der Waals surface area contributed by atoms with Crippen molar-refractivity contribution in [2.45, 2.75) is 30.6 Å². The van der Waals surface area contributed by atoms with E-state index in [4.69, 9.17) is 9.47 Å². The first-order chi connectivity index (χ1) is 14.9. The maximum Gasteiger partial charge on any atom is 0.337 e. The minimum absolute atomic E-state index is 0.00432. The third kappa shape index (κ3) is 5.48. The summed E-state index contributed by atoms with van der Waals surface area (Å²) in [5, 5.41) is 9.64. The van der Waals surface area contributed by atoms with Crippen molar-refractivity contribution in [1.82, 2.24) is 4.72 Å². The van der Waals surface area contributed by atoms with Gasteiger partial charge >= 0.3 is 5.97 Å². The van der Waals surface area contributed by atoms with Crippen molar-refractivity contribution in [3.8, 4) is 11.5 Å². The highest BCUT2D eigenvalue weighted by Crippen LogP contribution is 2.28. The second-order valence-corrected chi connectivity index (χ2v) is 9.14. The molecule has 3 rings (SSSR count). The monoisotopic (exact) mass is 448 g/mol. The van der Waals surface area contributed by atoms with Gasteiger partial charge in [0.05, 0.1) is 30.4 Å². The number of carboxylic acid groups (broad SMARTS) is 1. The average molecular weight is 449 g/mol. The van der Waals surface area contributed by atoms with Crippen LogP contribution in [0.25, 0.3) is 0 Å². The number of carbonyl (C=O) groups is 1. The van der Waals surface area contributed by atoms with E-state index in [1.807, 2.05) is 11.0 Å². The van der Waals surface area contributed by atoms with Gasteiger partial charge in [-0.1, -0.05) is 6.07 Å². The molecule has 1 fully saturated rings. The zero-order valence-corrected chi connectivity index (χ0v) is 18.6. The number of nitrogens with one attached hydrogen (secondary N) is 1. The molecule has 1 saturated heterocycles. The van der Waals surface area contributed by atoms with E-state index in [0.717, 1.165) is 37.9 Å². The number of carboxylic acids is 1. The van der Waals surface area contributed by atoms with Gasteiger partial charge in [0.15, 0.2) is 11.5 Å². The quantitative estimate of drug-likeness (QED) is 0.608. The zero-order valence-electron chi connectivity index (χ0n) is 17.8. The fourth-order valence-electron chi connectivity index (χ4n) is 3.71. The predicted molar refractivity (Wildman–Crippen MR) is 118 cm³/mol. The molecular weight excluding hydrogens is 420 g/mol. The van der Waals surface area contributed by atoms with Gasteiger partial charge in [-0.15, -0.1) is 0 Å². The Morgan fingerprint density at radius 3 is 2.39 bits per heavy atom. The number of hydrogen-bond donors (Lipinski definition) is 2. The highest BCUT2D eigenvalue weighted by Gasteiger charge is 2.22. The second kappa shape index (κ2) is 10.0. The highest BCUT2D eigenvalue weighted by atomic mass is 32.2. The molecule has 2 N–H and O–H groups in total. The molecule has 0 aliphatic carbocycles. The van der Waals surface area contributed by atoms with Crippen LogP contribution < -0.4 is 19.1 Å². The Morgan fingerprint density at radius 1 is 1.03 bits per heavy atom. The van der Waals surface area contributed by atoms with Crippen LogP contribution >= 0.6 is 0 Å². The van der Waals surface area contributed by atoms with Gasteiger partial charge in [0.1, 0.15) is 0 Å². The number of methoxy groups -OCH3 is 2. The summed E-state index contributed by atoms with van der Waals surface area (Å²) in [4.78, 5) is 13.7. The Morgan fingerprint density at radius 2 is 1.74 bits per heavy atom. The maximum absolute atomic E-state index is 12.7. The Hall–Kier alpha value is -2.78. The van der Waals surface area contributed by atoms with Crippen LogP contribution in [0, 0.1) is 0 Å². The van der Waals surface area contributed by atoms with E-state index in [2.05, 4.69) is 4.72 Å². The van der Waals surface area contributed by atoms with Crippen LogP contribution in [0.3, 0.4) is 0 Å². The van der Waals surface area contributed by atoms with Crippen LogP contribution in [-0.2, 0) is 16.4 Å². The predicted octanol–water partition coefficient (Wildman–Crippen LogP) is 2.91. The molecule has 1 heterocycles. The zero-order chi connectivity index (χ0) is 22.4. The summed E-state index contributed by atoms with van der Waals surface area (Å²) in [6.45, 7) is 1.71. The van der Waals surface area contributed by atoms with Crippen molar-refractivity contribution in [2.24, 2.45) is 0 Å². The highest BCUT2D eigenvalue weighted by molar-refractivity contribution is 7.89. The summed E-state index contributed by atoms with van der Waals surface area (Å²) in [6.07, 6.45) is 3.56. The molecule has 1 aliphatic heterocycles. The number of aromatic carboxylic acids is 1. The first-order valence-corrected chi connectivity index (χ1v) is 11.7. The van der Waals surface area contributed by atoms with Gasteiger partial charge in [0.25, 0.3) is 0 Å². The fourth-order valence-corrected chi connectivity index (χ4v) is 4.77. The molecule has 0 amide bonds. The first kappa shape index (κ1) is 22.9. The third-order valence-electron chi connectivity index (χ3n) is 5.36. The van der Waals surface area contributed by atoms with Gasteiger partial charge in [0.2, 0.25) is 10.0 Å². The van der Waals surface area contributed by atoms with Crippen LogP contribution in [0.15, 0.2) is 41.3 Å². The molecule has 0 saturated carbocycles. The molecule has 0 spiro atoms. The van der Waals surface area contributed by atoms with Crippen LogP contribution in [0.5, 0.6) is 11.5 Å². The molecule has 0 unspecified atom stereocenters. The summed E-state index contributed by atoms with van der Waals surface area (Å²) < 4.78 is 38.5. The number of ether oxygens (including phenoxy) is 2. The molecule has 8 nitrogen and oxygen atoms in total. The number of nitrogens with zero attached hydrogens (tertiary/aromatic N) is 1. The molecule has 0 aromatic heterocycles. The van der Waals surface area contributed by atoms with Gasteiger partial charge < -0.3 is 19.5 Å². The molecule has 1 aliphatic rings. The maximum atomic E-state index is 12.7. The Balaban J connectivity index is 1.72. The average Bonchev–Trinajstić information content (AvgIpc) is 2.79. The fraction of sp³-hybridized carbons (Fsp3) is 0.409. The number of benzene rings is 2. The molecule has 0 radical (unpaired) electrons. The van der Waals surface area contributed by atoms with Gasteiger partial charge in [0, 0.05) is 19.6 Å². The molecule has 2 aromatic carbocycles. The summed E-state index contributed by atoms with van der Waals surface area (Å²) in [5.74, 6) is 0.0343. The van der Waals surface area contributed by atoms with E-state index < -0.39 is 16.0 Å². The SMILES string of the molecule is COc1ccc(CCNS(=O)(=O)c2ccc(N3CCCCC3)c(C(=O)O)c2)cc1OC. The van der Waals surface area contributed by atoms with Gasteiger partial charge in [-0.25, -0.2) is 17.9 Å². The third-order valence-corrected chi connectivity index (χ3v) is 6.82. The second-order valence-electron chi connectivity index (χ2n) is 7.37. The number of hydrogen-bond acceptors (Lipinski definition) is 6. The van der Waals surface area contributed by atoms with Crippen molar-refractivity contribution in [3.63, 3.8) is 0 Å². The molecule has 168 valence electrons. The Kier molecular flexibility index (Phi) is 7.40. The van der Waals surface area contributed by atoms with Crippen LogP contribution in [-0.4, -0.2) is 53.3 Å². The lowest BCUT2D eigenvalue weighted by atomic mass is 10.1. The van der Waals surface area contributed by atoms with Crippen LogP contribution in [0.1, 0.15) is 35.2 Å². The van der Waals surface area contributed by atoms with Crippen LogP contribution in [0.2, 0.25) is 0 Å². The molecule has 2 aromatic rings. The van der Waals surface area contributed by atoms with Crippen molar-refractivity contribution in [2.75, 3.05) is 38.8 Å². The van der Waals surface area contributed by atoms with Gasteiger partial charge in [-0.05, 0) is 61.6 Å². The van der Waals surface area contributed by atoms with E-state index in [0.29, 0.717) is 23.6 Å². The molecule has 9 heteroatoms. The van der Waals surface area contributed by atoms with E-state index in [9.17, 15) is 18.3 Å². The summed E-state index contributed by atoms with van der Waals surface area (Å²) in [5.41, 5.74) is 1.45. The van der Waals surface area contributed by atoms with Crippen molar-refractivity contribution < 1.29 is 27.8 Å². The van der Waals surface area contributed by atoms with E-state index in [1.165, 1.54) is 19.2 Å². The number of sulfonamides is 1. The lowest BCUT2D eigenvalue weighted by molar-refractivity contribution is 0.0697. The van der Waals surface area contributed by atoms with E-state index >= 15 is 0 Å². The molecule has 0 bridgehead atoms. The molecule has 0 atom stereocenters. The summed E-state index contributed by atoms with van der Waals surface area (Å²) in [6, 6.07) is 9.70. The largest absolute Gasteiger partial charge is 0.493 e. The lowest BCUT2D eigenvalue weighted by Crippen LogP contribution is -2.31. The number of rotatable bonds is 9. The van der Waals surface area contributed by atoms with Crippen molar-refractivity contribution in [1.29, 1.82) is 0 Å². The molecule has 31 heavy (non-hydrogen) atoms. The van der Waals surface area contributed by atoms with E-state index in [-0.39, 0.29) is 17.0 Å². The smallest absolute Gasteiger partial charge is 0.337 e. The Labute approximate surface area is 182 Å². The number of piperidine rings is 1. The van der Waals surface area contributed by atoms with E-state index in [1.54, 1.807) is 25.3 Å². The van der Waals surface area contributed by atoms with Gasteiger partial charge in [-0.2, -0.15) is 0 Å². The normalized spacial score (nSPS) is 14.3. The van der Waals surface area contributed by atoms with Crippen LogP contribution in [0.4, 0.5) is 5.69 Å². The summed E-state index contributed by atoms with van der Waals surface area (Å²) in [7, 11) is -0.761. The standard InChI is InChI=1S/C22H28N2O6S/c1-29-20-9-6-16(14-21(20)30-2)10-11-23-31(27,28)17-7-8-19(18(15-17)22(25)26)24-12-4-3-5-13-24/h6-9,14-15,23H,3-5,10-13H2,1-2H3,(H,25,26). The minimum atomic E-state index is -3.85. The van der Waals surface area contributed by atoms with Gasteiger partial charge in [-0.3, -0.25) is 0 Å². The number of anilines is 1.